The number of rotatable bonds is 5. The van der Waals surface area contributed by atoms with Crippen molar-refractivity contribution < 1.29 is 4.74 Å². The molecule has 1 aromatic carbocycles. The molecule has 22 heavy (non-hydrogen) atoms. The molecule has 1 aliphatic carbocycles. The summed E-state index contributed by atoms with van der Waals surface area (Å²) in [4.78, 5) is 2.34. The minimum absolute atomic E-state index is 0.155. The average Bonchev–Trinajstić information content (AvgIpc) is 2.54. The summed E-state index contributed by atoms with van der Waals surface area (Å²) in [6, 6.07) is 11.4. The zero-order chi connectivity index (χ0) is 16.3. The fourth-order valence-corrected chi connectivity index (χ4v) is 4.23. The van der Waals surface area contributed by atoms with E-state index in [1.165, 1.54) is 18.4 Å². The molecule has 0 spiro atoms. The summed E-state index contributed by atoms with van der Waals surface area (Å²) >= 11 is 0. The topological polar surface area (TPSA) is 12.5 Å². The van der Waals surface area contributed by atoms with Gasteiger partial charge in [0.05, 0.1) is 5.60 Å². The Bertz CT molecular complexity index is 456. The summed E-state index contributed by atoms with van der Waals surface area (Å²) in [6.07, 6.45) is 3.69. The van der Waals surface area contributed by atoms with Gasteiger partial charge in [-0.2, -0.15) is 0 Å². The normalized spacial score (nSPS) is 30.7. The summed E-state index contributed by atoms with van der Waals surface area (Å²) < 4.78 is 6.30. The molecule has 1 fully saturated rings. The highest BCUT2D eigenvalue weighted by Gasteiger charge is 2.48. The van der Waals surface area contributed by atoms with Gasteiger partial charge in [-0.25, -0.2) is 0 Å². The lowest BCUT2D eigenvalue weighted by atomic mass is 9.63. The van der Waals surface area contributed by atoms with Crippen LogP contribution in [0.15, 0.2) is 30.3 Å². The Kier molecular flexibility index (Phi) is 5.68. The van der Waals surface area contributed by atoms with Crippen LogP contribution in [0.4, 0.5) is 0 Å². The van der Waals surface area contributed by atoms with E-state index in [2.05, 4.69) is 70.1 Å². The summed E-state index contributed by atoms with van der Waals surface area (Å²) in [5, 5.41) is 0. The van der Waals surface area contributed by atoms with Gasteiger partial charge in [0.2, 0.25) is 0 Å². The minimum atomic E-state index is -0.155. The molecule has 0 radical (unpaired) electrons. The highest BCUT2D eigenvalue weighted by molar-refractivity contribution is 5.25. The maximum Gasteiger partial charge on any atom is 0.0973 e. The lowest BCUT2D eigenvalue weighted by Gasteiger charge is -2.50. The first-order chi connectivity index (χ1) is 10.4. The van der Waals surface area contributed by atoms with Gasteiger partial charge in [-0.05, 0) is 57.7 Å². The van der Waals surface area contributed by atoms with Crippen molar-refractivity contribution in [2.45, 2.75) is 51.7 Å². The number of hydrogen-bond donors (Lipinski definition) is 0. The predicted molar refractivity (Wildman–Crippen MR) is 93.9 cm³/mol. The number of methoxy groups -OCH3 is 1. The van der Waals surface area contributed by atoms with Crippen LogP contribution >= 0.6 is 0 Å². The van der Waals surface area contributed by atoms with E-state index in [0.29, 0.717) is 17.9 Å². The van der Waals surface area contributed by atoms with Gasteiger partial charge in [-0.3, -0.25) is 0 Å². The molecule has 2 nitrogen and oxygen atoms in total. The van der Waals surface area contributed by atoms with Crippen molar-refractivity contribution in [3.05, 3.63) is 35.9 Å². The molecule has 1 saturated carbocycles. The van der Waals surface area contributed by atoms with E-state index in [1.54, 1.807) is 0 Å². The molecule has 0 N–H and O–H groups in total. The average molecular weight is 303 g/mol. The summed E-state index contributed by atoms with van der Waals surface area (Å²) in [5.74, 6) is 1.99. The van der Waals surface area contributed by atoms with Gasteiger partial charge in [0, 0.05) is 19.1 Å². The second kappa shape index (κ2) is 7.14. The van der Waals surface area contributed by atoms with E-state index in [9.17, 15) is 0 Å². The molecular formula is C20H33NO. The molecule has 0 saturated heterocycles. The van der Waals surface area contributed by atoms with Crippen LogP contribution in [-0.4, -0.2) is 32.1 Å². The van der Waals surface area contributed by atoms with Gasteiger partial charge in [0.1, 0.15) is 0 Å². The Morgan fingerprint density at radius 3 is 2.23 bits per heavy atom. The van der Waals surface area contributed by atoms with E-state index in [1.807, 2.05) is 7.11 Å². The maximum atomic E-state index is 6.30. The fourth-order valence-electron chi connectivity index (χ4n) is 4.23. The van der Waals surface area contributed by atoms with Gasteiger partial charge in [0.15, 0.2) is 0 Å². The van der Waals surface area contributed by atoms with Crippen molar-refractivity contribution in [3.63, 3.8) is 0 Å². The molecule has 0 amide bonds. The molecule has 0 aliphatic heterocycles. The van der Waals surface area contributed by atoms with E-state index >= 15 is 0 Å². The third-order valence-electron chi connectivity index (χ3n) is 5.98. The third kappa shape index (κ3) is 3.23. The largest absolute Gasteiger partial charge is 0.373 e. The van der Waals surface area contributed by atoms with Crippen LogP contribution in [0.25, 0.3) is 0 Å². The maximum absolute atomic E-state index is 6.30. The van der Waals surface area contributed by atoms with Crippen LogP contribution in [0, 0.1) is 17.8 Å². The standard InChI is InChI=1S/C20H33NO/c1-15(2)17-12-13-19(16(3)21(4)5)20(14-17,22-6)18-10-8-7-9-11-18/h7-11,15-17,19H,12-14H2,1-6H3. The highest BCUT2D eigenvalue weighted by atomic mass is 16.5. The van der Waals surface area contributed by atoms with Crippen LogP contribution < -0.4 is 0 Å². The Balaban J connectivity index is 2.44. The monoisotopic (exact) mass is 303 g/mol. The number of ether oxygens (including phenoxy) is 1. The molecule has 1 aliphatic rings. The quantitative estimate of drug-likeness (QED) is 0.791. The second-order valence-corrected chi connectivity index (χ2v) is 7.56. The SMILES string of the molecule is COC1(c2ccccc2)CC(C(C)C)CCC1C(C)N(C)C. The molecular weight excluding hydrogens is 270 g/mol. The third-order valence-corrected chi connectivity index (χ3v) is 5.98. The van der Waals surface area contributed by atoms with Crippen molar-refractivity contribution in [1.29, 1.82) is 0 Å². The van der Waals surface area contributed by atoms with Gasteiger partial charge in [0.25, 0.3) is 0 Å². The minimum Gasteiger partial charge on any atom is -0.373 e. The van der Waals surface area contributed by atoms with Crippen molar-refractivity contribution in [3.8, 4) is 0 Å². The Hall–Kier alpha value is -0.860. The zero-order valence-electron chi connectivity index (χ0n) is 15.2. The van der Waals surface area contributed by atoms with Crippen LogP contribution in [0.1, 0.15) is 45.6 Å². The molecule has 4 atom stereocenters. The first-order valence-electron chi connectivity index (χ1n) is 8.69. The number of nitrogens with zero attached hydrogens (tertiary/aromatic N) is 1. The molecule has 0 aromatic heterocycles. The van der Waals surface area contributed by atoms with E-state index in [4.69, 9.17) is 4.74 Å². The number of benzene rings is 1. The Labute approximate surface area is 136 Å². The predicted octanol–water partition coefficient (Wildman–Crippen LogP) is 4.55. The Morgan fingerprint density at radius 2 is 1.73 bits per heavy atom. The Morgan fingerprint density at radius 1 is 1.09 bits per heavy atom. The summed E-state index contributed by atoms with van der Waals surface area (Å²) in [7, 11) is 6.28. The molecule has 2 rings (SSSR count). The second-order valence-electron chi connectivity index (χ2n) is 7.56. The van der Waals surface area contributed by atoms with Crippen molar-refractivity contribution in [2.75, 3.05) is 21.2 Å². The summed E-state index contributed by atoms with van der Waals surface area (Å²) in [6.45, 7) is 7.05. The lowest BCUT2D eigenvalue weighted by molar-refractivity contribution is -0.127. The van der Waals surface area contributed by atoms with E-state index < -0.39 is 0 Å². The lowest BCUT2D eigenvalue weighted by Crippen LogP contribution is -2.51. The van der Waals surface area contributed by atoms with Gasteiger partial charge < -0.3 is 9.64 Å². The molecule has 4 unspecified atom stereocenters. The molecule has 0 bridgehead atoms. The van der Waals surface area contributed by atoms with Crippen molar-refractivity contribution in [2.24, 2.45) is 17.8 Å². The molecule has 0 heterocycles. The van der Waals surface area contributed by atoms with Gasteiger partial charge >= 0.3 is 0 Å². The first-order valence-corrected chi connectivity index (χ1v) is 8.69. The van der Waals surface area contributed by atoms with Crippen LogP contribution in [-0.2, 0) is 10.3 Å². The smallest absolute Gasteiger partial charge is 0.0973 e. The van der Waals surface area contributed by atoms with Crippen molar-refractivity contribution in [1.82, 2.24) is 4.90 Å². The van der Waals surface area contributed by atoms with Gasteiger partial charge in [-0.1, -0.05) is 44.2 Å². The van der Waals surface area contributed by atoms with Crippen LogP contribution in [0.2, 0.25) is 0 Å². The number of hydrogen-bond acceptors (Lipinski definition) is 2. The first kappa shape index (κ1) is 17.5. The van der Waals surface area contributed by atoms with Crippen LogP contribution in [0.3, 0.4) is 0 Å². The van der Waals surface area contributed by atoms with Gasteiger partial charge in [-0.15, -0.1) is 0 Å². The molecule has 2 heteroatoms. The zero-order valence-corrected chi connectivity index (χ0v) is 15.2. The fraction of sp³-hybridized carbons (Fsp3) is 0.700. The van der Waals surface area contributed by atoms with E-state index in [0.717, 1.165) is 12.3 Å². The highest BCUT2D eigenvalue weighted by Crippen LogP contribution is 2.50. The molecule has 1 aromatic rings. The van der Waals surface area contributed by atoms with Crippen molar-refractivity contribution >= 4 is 0 Å². The van der Waals surface area contributed by atoms with Crippen LogP contribution in [0.5, 0.6) is 0 Å². The molecule has 124 valence electrons. The van der Waals surface area contributed by atoms with E-state index in [-0.39, 0.29) is 5.60 Å². The summed E-state index contributed by atoms with van der Waals surface area (Å²) in [5.41, 5.74) is 1.19.